The molecule has 0 aliphatic carbocycles. The van der Waals surface area contributed by atoms with E-state index in [1.165, 1.54) is 19.2 Å². The van der Waals surface area contributed by atoms with E-state index in [-0.39, 0.29) is 16.0 Å². The molecule has 0 spiro atoms. The van der Waals surface area contributed by atoms with Gasteiger partial charge in [-0.15, -0.1) is 0 Å². The van der Waals surface area contributed by atoms with Gasteiger partial charge in [0.25, 0.3) is 0 Å². The number of esters is 1. The van der Waals surface area contributed by atoms with Crippen molar-refractivity contribution >= 4 is 52.3 Å². The molecule has 0 bridgehead atoms. The molecule has 2 rings (SSSR count). The number of nitrogens with zero attached hydrogens (tertiary/aromatic N) is 2. The molecule has 0 saturated carbocycles. The number of aromatic nitrogens is 2. The normalized spacial score (nSPS) is 10.2. The second-order valence-electron chi connectivity index (χ2n) is 3.66. The van der Waals surface area contributed by atoms with Crippen molar-refractivity contribution < 1.29 is 9.53 Å². The van der Waals surface area contributed by atoms with E-state index >= 15 is 0 Å². The summed E-state index contributed by atoms with van der Waals surface area (Å²) in [5.41, 5.74) is 0.825. The number of halogens is 3. The van der Waals surface area contributed by atoms with Gasteiger partial charge in [-0.3, -0.25) is 0 Å². The number of benzene rings is 1. The van der Waals surface area contributed by atoms with Gasteiger partial charge in [-0.1, -0.05) is 23.2 Å². The van der Waals surface area contributed by atoms with Crippen molar-refractivity contribution in [3.63, 3.8) is 0 Å². The highest BCUT2D eigenvalue weighted by Crippen LogP contribution is 2.24. The number of carbonyl (C=O) groups excluding carboxylic acids is 1. The minimum atomic E-state index is -0.530. The summed E-state index contributed by atoms with van der Waals surface area (Å²) in [5, 5.41) is 3.46. The first kappa shape index (κ1) is 14.8. The molecule has 0 radical (unpaired) electrons. The maximum atomic E-state index is 11.5. The van der Waals surface area contributed by atoms with Crippen molar-refractivity contribution in [2.24, 2.45) is 0 Å². The van der Waals surface area contributed by atoms with Crippen LogP contribution in [-0.2, 0) is 4.74 Å². The van der Waals surface area contributed by atoms with Crippen LogP contribution in [0.3, 0.4) is 0 Å². The van der Waals surface area contributed by atoms with Gasteiger partial charge in [-0.2, -0.15) is 0 Å². The molecular formula is C12H8Cl3N3O2. The van der Waals surface area contributed by atoms with Gasteiger partial charge in [0.2, 0.25) is 5.28 Å². The average Bonchev–Trinajstić information content (AvgIpc) is 2.39. The summed E-state index contributed by atoms with van der Waals surface area (Å²) in [4.78, 5) is 19.2. The molecular weight excluding hydrogens is 325 g/mol. The molecule has 0 fully saturated rings. The summed E-state index contributed by atoms with van der Waals surface area (Å²) in [6.45, 7) is 0. The topological polar surface area (TPSA) is 64.1 Å². The fourth-order valence-corrected chi connectivity index (χ4v) is 2.07. The molecule has 0 aliphatic heterocycles. The molecule has 0 amide bonds. The van der Waals surface area contributed by atoms with Crippen LogP contribution in [-0.4, -0.2) is 23.0 Å². The number of hydrogen-bond acceptors (Lipinski definition) is 5. The fourth-order valence-electron chi connectivity index (χ4n) is 1.47. The first-order valence-corrected chi connectivity index (χ1v) is 6.48. The van der Waals surface area contributed by atoms with Gasteiger partial charge in [-0.25, -0.2) is 14.8 Å². The second-order valence-corrected chi connectivity index (χ2v) is 4.79. The number of ether oxygens (including phenoxy) is 1. The van der Waals surface area contributed by atoms with Gasteiger partial charge >= 0.3 is 5.97 Å². The lowest BCUT2D eigenvalue weighted by molar-refractivity contribution is 0.0601. The number of nitrogens with one attached hydrogen (secondary N) is 1. The van der Waals surface area contributed by atoms with Crippen molar-refractivity contribution in [1.29, 1.82) is 0 Å². The van der Waals surface area contributed by atoms with Crippen molar-refractivity contribution in [2.75, 3.05) is 12.4 Å². The number of hydrogen-bond donors (Lipinski definition) is 1. The Labute approximate surface area is 129 Å². The Morgan fingerprint density at radius 2 is 1.95 bits per heavy atom. The van der Waals surface area contributed by atoms with Crippen LogP contribution in [0.25, 0.3) is 0 Å². The number of rotatable bonds is 3. The highest BCUT2D eigenvalue weighted by molar-refractivity contribution is 6.33. The molecule has 0 atom stereocenters. The minimum Gasteiger partial charge on any atom is -0.465 e. The zero-order valence-corrected chi connectivity index (χ0v) is 12.4. The van der Waals surface area contributed by atoms with Crippen LogP contribution in [0.4, 0.5) is 11.5 Å². The lowest BCUT2D eigenvalue weighted by Gasteiger charge is -2.08. The molecule has 0 aliphatic rings. The Kier molecular flexibility index (Phi) is 4.65. The van der Waals surface area contributed by atoms with E-state index in [2.05, 4.69) is 20.0 Å². The molecule has 2 aromatic rings. The zero-order valence-electron chi connectivity index (χ0n) is 10.2. The molecule has 1 heterocycles. The van der Waals surface area contributed by atoms with E-state index in [4.69, 9.17) is 34.8 Å². The van der Waals surface area contributed by atoms with Crippen molar-refractivity contribution in [1.82, 2.24) is 9.97 Å². The zero-order chi connectivity index (χ0) is 14.7. The first-order chi connectivity index (χ1) is 9.49. The molecule has 0 unspecified atom stereocenters. The maximum Gasteiger partial charge on any atom is 0.339 e. The standard InChI is InChI=1S/C12H8Cl3N3O2/c1-20-11(19)7-4-6(2-3-8(7)13)16-10-5-9(14)17-12(15)18-10/h2-5H,1H3,(H,16,17,18). The Balaban J connectivity index is 2.32. The SMILES string of the molecule is COC(=O)c1cc(Nc2cc(Cl)nc(Cl)n2)ccc1Cl. The summed E-state index contributed by atoms with van der Waals surface area (Å²) < 4.78 is 4.64. The quantitative estimate of drug-likeness (QED) is 0.523. The molecule has 20 heavy (non-hydrogen) atoms. The Morgan fingerprint density at radius 3 is 2.60 bits per heavy atom. The molecule has 104 valence electrons. The summed E-state index contributed by atoms with van der Waals surface area (Å²) in [5.74, 6) is -0.134. The number of anilines is 2. The molecule has 5 nitrogen and oxygen atoms in total. The smallest absolute Gasteiger partial charge is 0.339 e. The molecule has 0 saturated heterocycles. The summed E-state index contributed by atoms with van der Waals surface area (Å²) in [7, 11) is 1.28. The molecule has 1 aromatic carbocycles. The highest BCUT2D eigenvalue weighted by Gasteiger charge is 2.12. The van der Waals surface area contributed by atoms with Crippen LogP contribution in [0.1, 0.15) is 10.4 Å². The predicted octanol–water partition coefficient (Wildman–Crippen LogP) is 3.97. The van der Waals surface area contributed by atoms with Crippen LogP contribution in [0.2, 0.25) is 15.5 Å². The van der Waals surface area contributed by atoms with E-state index in [1.54, 1.807) is 12.1 Å². The second kappa shape index (κ2) is 6.26. The van der Waals surface area contributed by atoms with Gasteiger partial charge in [0.05, 0.1) is 17.7 Å². The van der Waals surface area contributed by atoms with Gasteiger partial charge in [-0.05, 0) is 29.8 Å². The Morgan fingerprint density at radius 1 is 1.20 bits per heavy atom. The summed E-state index contributed by atoms with van der Waals surface area (Å²) in [6, 6.07) is 6.29. The van der Waals surface area contributed by atoms with E-state index in [1.807, 2.05) is 0 Å². The average molecular weight is 333 g/mol. The molecule has 8 heteroatoms. The Bertz CT molecular complexity index is 644. The highest BCUT2D eigenvalue weighted by atomic mass is 35.5. The first-order valence-electron chi connectivity index (χ1n) is 5.34. The van der Waals surface area contributed by atoms with E-state index in [0.717, 1.165) is 0 Å². The van der Waals surface area contributed by atoms with E-state index in [9.17, 15) is 4.79 Å². The predicted molar refractivity (Wildman–Crippen MR) is 78.1 cm³/mol. The summed E-state index contributed by atoms with van der Waals surface area (Å²) >= 11 is 17.4. The van der Waals surface area contributed by atoms with Crippen molar-refractivity contribution in [3.05, 3.63) is 45.3 Å². The van der Waals surface area contributed by atoms with Crippen LogP contribution < -0.4 is 5.32 Å². The van der Waals surface area contributed by atoms with Crippen molar-refractivity contribution in [2.45, 2.75) is 0 Å². The third-order valence-corrected chi connectivity index (χ3v) is 3.00. The third kappa shape index (κ3) is 3.50. The third-order valence-electron chi connectivity index (χ3n) is 2.31. The Hall–Kier alpha value is -1.56. The van der Waals surface area contributed by atoms with Gasteiger partial charge < -0.3 is 10.1 Å². The summed E-state index contributed by atoms with van der Waals surface area (Å²) in [6.07, 6.45) is 0. The molecule has 1 N–H and O–H groups in total. The van der Waals surface area contributed by atoms with Crippen LogP contribution >= 0.6 is 34.8 Å². The minimum absolute atomic E-state index is 0.0159. The lowest BCUT2D eigenvalue weighted by Crippen LogP contribution is -2.03. The van der Waals surface area contributed by atoms with Crippen LogP contribution in [0.5, 0.6) is 0 Å². The monoisotopic (exact) mass is 331 g/mol. The number of methoxy groups -OCH3 is 1. The maximum absolute atomic E-state index is 11.5. The van der Waals surface area contributed by atoms with E-state index in [0.29, 0.717) is 16.5 Å². The van der Waals surface area contributed by atoms with Gasteiger partial charge in [0.1, 0.15) is 11.0 Å². The van der Waals surface area contributed by atoms with E-state index < -0.39 is 5.97 Å². The van der Waals surface area contributed by atoms with Crippen molar-refractivity contribution in [3.8, 4) is 0 Å². The van der Waals surface area contributed by atoms with Crippen LogP contribution in [0, 0.1) is 0 Å². The lowest BCUT2D eigenvalue weighted by atomic mass is 10.2. The molecule has 1 aromatic heterocycles. The number of carbonyl (C=O) groups is 1. The van der Waals surface area contributed by atoms with Gasteiger partial charge in [0.15, 0.2) is 0 Å². The fraction of sp³-hybridized carbons (Fsp3) is 0.0833. The van der Waals surface area contributed by atoms with Gasteiger partial charge in [0, 0.05) is 11.8 Å². The van der Waals surface area contributed by atoms with Crippen LogP contribution in [0.15, 0.2) is 24.3 Å². The largest absolute Gasteiger partial charge is 0.465 e.